The molecule has 1 atom stereocenters. The van der Waals surface area contributed by atoms with Crippen LogP contribution >= 0.6 is 0 Å². The summed E-state index contributed by atoms with van der Waals surface area (Å²) in [5.74, 6) is 0. The fourth-order valence-electron chi connectivity index (χ4n) is 2.23. The topological polar surface area (TPSA) is 20.2 Å². The summed E-state index contributed by atoms with van der Waals surface area (Å²) in [4.78, 5) is 0. The summed E-state index contributed by atoms with van der Waals surface area (Å²) in [6.07, 6.45) is -4.99. The monoisotopic (exact) mass is 274 g/mol. The van der Waals surface area contributed by atoms with E-state index in [1.54, 1.807) is 13.8 Å². The molecule has 1 aromatic rings. The van der Waals surface area contributed by atoms with Gasteiger partial charge in [0.05, 0.1) is 0 Å². The molecule has 0 radical (unpaired) electrons. The first-order chi connectivity index (χ1) is 8.37. The number of benzene rings is 1. The van der Waals surface area contributed by atoms with Gasteiger partial charge in [-0.05, 0) is 49.3 Å². The number of rotatable bonds is 3. The number of halogens is 3. The summed E-state index contributed by atoms with van der Waals surface area (Å²) >= 11 is 0. The summed E-state index contributed by atoms with van der Waals surface area (Å²) in [5, 5.41) is 9.65. The molecule has 1 unspecified atom stereocenters. The van der Waals surface area contributed by atoms with Crippen molar-refractivity contribution in [1.29, 1.82) is 0 Å². The summed E-state index contributed by atoms with van der Waals surface area (Å²) < 4.78 is 38.3. The van der Waals surface area contributed by atoms with Gasteiger partial charge in [0.15, 0.2) is 5.60 Å². The van der Waals surface area contributed by atoms with E-state index in [-0.39, 0.29) is 6.42 Å². The van der Waals surface area contributed by atoms with Gasteiger partial charge in [0.1, 0.15) is 0 Å². The fourth-order valence-corrected chi connectivity index (χ4v) is 2.23. The third kappa shape index (κ3) is 3.50. The van der Waals surface area contributed by atoms with Crippen molar-refractivity contribution in [2.45, 2.75) is 58.2 Å². The van der Waals surface area contributed by atoms with Crippen molar-refractivity contribution in [3.63, 3.8) is 0 Å². The molecule has 0 fully saturated rings. The third-order valence-electron chi connectivity index (χ3n) is 3.69. The molecule has 4 heteroatoms. The van der Waals surface area contributed by atoms with Gasteiger partial charge in [-0.3, -0.25) is 0 Å². The molecule has 0 spiro atoms. The van der Waals surface area contributed by atoms with Crippen molar-refractivity contribution in [2.24, 2.45) is 0 Å². The zero-order valence-electron chi connectivity index (χ0n) is 12.0. The predicted molar refractivity (Wildman–Crippen MR) is 70.2 cm³/mol. The van der Waals surface area contributed by atoms with Crippen LogP contribution in [0.2, 0.25) is 0 Å². The normalized spacial score (nSPS) is 16.3. The Labute approximate surface area is 112 Å². The third-order valence-corrected chi connectivity index (χ3v) is 3.69. The minimum atomic E-state index is -4.62. The number of aliphatic hydroxyl groups is 1. The maximum Gasteiger partial charge on any atom is 0.416 e. The molecule has 1 aromatic carbocycles. The van der Waals surface area contributed by atoms with Crippen LogP contribution in [0.1, 0.15) is 43.9 Å². The standard InChI is InChI=1S/C15H21F3O/c1-10-6-7-12(8-11(10)2)13(3,4)9-14(5,19)15(16,17)18/h6-8,19H,9H2,1-5H3. The van der Waals surface area contributed by atoms with Crippen molar-refractivity contribution in [3.05, 3.63) is 34.9 Å². The highest BCUT2D eigenvalue weighted by Gasteiger charge is 2.52. The lowest BCUT2D eigenvalue weighted by molar-refractivity contribution is -0.259. The molecule has 19 heavy (non-hydrogen) atoms. The van der Waals surface area contributed by atoms with Gasteiger partial charge in [-0.15, -0.1) is 0 Å². The number of alkyl halides is 3. The Morgan fingerprint density at radius 2 is 1.53 bits per heavy atom. The Hall–Kier alpha value is -1.03. The molecule has 0 amide bonds. The van der Waals surface area contributed by atoms with Crippen molar-refractivity contribution in [1.82, 2.24) is 0 Å². The Bertz CT molecular complexity index is 459. The fraction of sp³-hybridized carbons (Fsp3) is 0.600. The van der Waals surface area contributed by atoms with Crippen LogP contribution in [0.25, 0.3) is 0 Å². The van der Waals surface area contributed by atoms with Crippen molar-refractivity contribution >= 4 is 0 Å². The second-order valence-corrected chi connectivity index (χ2v) is 6.13. The molecule has 0 aliphatic carbocycles. The summed E-state index contributed by atoms with van der Waals surface area (Å²) in [6, 6.07) is 5.62. The van der Waals surface area contributed by atoms with Crippen molar-refractivity contribution in [2.75, 3.05) is 0 Å². The van der Waals surface area contributed by atoms with Crippen LogP contribution in [0.5, 0.6) is 0 Å². The van der Waals surface area contributed by atoms with Crippen LogP contribution in [0.15, 0.2) is 18.2 Å². The van der Waals surface area contributed by atoms with E-state index in [9.17, 15) is 18.3 Å². The highest BCUT2D eigenvalue weighted by Crippen LogP contribution is 2.40. The van der Waals surface area contributed by atoms with Gasteiger partial charge in [-0.25, -0.2) is 0 Å². The number of hydrogen-bond donors (Lipinski definition) is 1. The largest absolute Gasteiger partial charge is 0.416 e. The molecular formula is C15H21F3O. The van der Waals surface area contributed by atoms with Crippen LogP contribution in [0.3, 0.4) is 0 Å². The lowest BCUT2D eigenvalue weighted by Gasteiger charge is -2.35. The maximum atomic E-state index is 12.8. The molecule has 0 aromatic heterocycles. The van der Waals surface area contributed by atoms with Gasteiger partial charge < -0.3 is 5.11 Å². The summed E-state index contributed by atoms with van der Waals surface area (Å²) in [5.41, 5.74) is -0.494. The second kappa shape index (κ2) is 4.82. The van der Waals surface area contributed by atoms with Crippen LogP contribution in [-0.4, -0.2) is 16.9 Å². The van der Waals surface area contributed by atoms with Crippen LogP contribution in [0.4, 0.5) is 13.2 Å². The average Bonchev–Trinajstić information content (AvgIpc) is 2.18. The van der Waals surface area contributed by atoms with E-state index < -0.39 is 17.2 Å². The second-order valence-electron chi connectivity index (χ2n) is 6.13. The first-order valence-electron chi connectivity index (χ1n) is 6.24. The zero-order chi connectivity index (χ0) is 15.1. The molecule has 1 N–H and O–H groups in total. The number of hydrogen-bond acceptors (Lipinski definition) is 1. The van der Waals surface area contributed by atoms with Gasteiger partial charge in [0.25, 0.3) is 0 Å². The summed E-state index contributed by atoms with van der Waals surface area (Å²) in [7, 11) is 0. The molecule has 0 aliphatic heterocycles. The number of aryl methyl sites for hydroxylation is 2. The maximum absolute atomic E-state index is 12.8. The molecule has 0 saturated heterocycles. The average molecular weight is 274 g/mol. The van der Waals surface area contributed by atoms with Crippen molar-refractivity contribution in [3.8, 4) is 0 Å². The first kappa shape index (κ1) is 16.0. The molecule has 0 bridgehead atoms. The highest BCUT2D eigenvalue weighted by molar-refractivity contribution is 5.34. The Morgan fingerprint density at radius 1 is 1.00 bits per heavy atom. The van der Waals surface area contributed by atoms with Crippen molar-refractivity contribution < 1.29 is 18.3 Å². The molecule has 0 saturated carbocycles. The Balaban J connectivity index is 3.07. The smallest absolute Gasteiger partial charge is 0.381 e. The van der Waals surface area contributed by atoms with Crippen LogP contribution in [-0.2, 0) is 5.41 Å². The SMILES string of the molecule is Cc1ccc(C(C)(C)CC(C)(O)C(F)(F)F)cc1C. The quantitative estimate of drug-likeness (QED) is 0.872. The van der Waals surface area contributed by atoms with E-state index in [4.69, 9.17) is 0 Å². The lowest BCUT2D eigenvalue weighted by Crippen LogP contribution is -2.46. The molecule has 108 valence electrons. The molecule has 0 aliphatic rings. The molecule has 1 rings (SSSR count). The van der Waals surface area contributed by atoms with E-state index in [1.807, 2.05) is 32.0 Å². The molecule has 1 nitrogen and oxygen atoms in total. The van der Waals surface area contributed by atoms with E-state index >= 15 is 0 Å². The van der Waals surface area contributed by atoms with E-state index in [1.165, 1.54) is 0 Å². The van der Waals surface area contributed by atoms with Crippen LogP contribution in [0, 0.1) is 13.8 Å². The highest BCUT2D eigenvalue weighted by atomic mass is 19.4. The van der Waals surface area contributed by atoms with Gasteiger partial charge in [0, 0.05) is 0 Å². The molecule has 0 heterocycles. The van der Waals surface area contributed by atoms with E-state index in [0.717, 1.165) is 23.6 Å². The minimum absolute atomic E-state index is 0.369. The first-order valence-corrected chi connectivity index (χ1v) is 6.24. The predicted octanol–water partition coefficient (Wildman–Crippen LogP) is 4.28. The van der Waals surface area contributed by atoms with E-state index in [2.05, 4.69) is 0 Å². The summed E-state index contributed by atoms with van der Waals surface area (Å²) in [6.45, 7) is 8.15. The Morgan fingerprint density at radius 3 is 1.95 bits per heavy atom. The van der Waals surface area contributed by atoms with Gasteiger partial charge in [0.2, 0.25) is 0 Å². The lowest BCUT2D eigenvalue weighted by atomic mass is 9.75. The minimum Gasteiger partial charge on any atom is -0.381 e. The van der Waals surface area contributed by atoms with Crippen LogP contribution < -0.4 is 0 Å². The van der Waals surface area contributed by atoms with Gasteiger partial charge >= 0.3 is 6.18 Å². The zero-order valence-corrected chi connectivity index (χ0v) is 12.0. The molecular weight excluding hydrogens is 253 g/mol. The van der Waals surface area contributed by atoms with Gasteiger partial charge in [-0.1, -0.05) is 32.0 Å². The Kier molecular flexibility index (Phi) is 4.06. The van der Waals surface area contributed by atoms with Gasteiger partial charge in [-0.2, -0.15) is 13.2 Å². The van der Waals surface area contributed by atoms with E-state index in [0.29, 0.717) is 0 Å².